The van der Waals surface area contributed by atoms with E-state index >= 15 is 0 Å². The van der Waals surface area contributed by atoms with Crippen LogP contribution >= 0.6 is 27.5 Å². The standard InChI is InChI=1S/C15H14BrClN2O/c1-9(11-4-2-3-5-13(11)17)19-15(20)12-8-10(16)6-7-14(12)18/h2-9H,18H2,1H3,(H,19,20). The third kappa shape index (κ3) is 3.32. The number of carbonyl (C=O) groups excluding carboxylic acids is 1. The van der Waals surface area contributed by atoms with Crippen LogP contribution in [0.4, 0.5) is 5.69 Å². The quantitative estimate of drug-likeness (QED) is 0.813. The van der Waals surface area contributed by atoms with Gasteiger partial charge in [-0.15, -0.1) is 0 Å². The Balaban J connectivity index is 2.20. The summed E-state index contributed by atoms with van der Waals surface area (Å²) in [5, 5.41) is 3.52. The van der Waals surface area contributed by atoms with E-state index in [4.69, 9.17) is 17.3 Å². The summed E-state index contributed by atoms with van der Waals surface area (Å²) >= 11 is 9.45. The first-order chi connectivity index (χ1) is 9.49. The van der Waals surface area contributed by atoms with Gasteiger partial charge in [-0.05, 0) is 36.8 Å². The maximum absolute atomic E-state index is 12.3. The number of anilines is 1. The molecule has 0 aliphatic heterocycles. The van der Waals surface area contributed by atoms with E-state index in [0.29, 0.717) is 16.3 Å². The molecule has 0 saturated heterocycles. The summed E-state index contributed by atoms with van der Waals surface area (Å²) in [6.45, 7) is 1.88. The van der Waals surface area contributed by atoms with Crippen LogP contribution in [0.1, 0.15) is 28.9 Å². The first-order valence-corrected chi connectivity index (χ1v) is 7.26. The van der Waals surface area contributed by atoms with Crippen LogP contribution in [0.3, 0.4) is 0 Å². The Morgan fingerprint density at radius 3 is 2.70 bits per heavy atom. The zero-order valence-electron chi connectivity index (χ0n) is 10.9. The molecule has 0 fully saturated rings. The molecular weight excluding hydrogens is 340 g/mol. The molecule has 2 aromatic carbocycles. The van der Waals surface area contributed by atoms with Crippen molar-refractivity contribution in [2.24, 2.45) is 0 Å². The van der Waals surface area contributed by atoms with Crippen molar-refractivity contribution in [3.05, 3.63) is 63.1 Å². The number of nitrogen functional groups attached to an aromatic ring is 1. The molecule has 3 N–H and O–H groups in total. The smallest absolute Gasteiger partial charge is 0.253 e. The van der Waals surface area contributed by atoms with E-state index in [0.717, 1.165) is 10.0 Å². The minimum absolute atomic E-state index is 0.199. The van der Waals surface area contributed by atoms with Gasteiger partial charge in [-0.1, -0.05) is 45.7 Å². The minimum Gasteiger partial charge on any atom is -0.398 e. The SMILES string of the molecule is CC(NC(=O)c1cc(Br)ccc1N)c1ccccc1Cl. The molecule has 104 valence electrons. The first-order valence-electron chi connectivity index (χ1n) is 6.09. The number of carbonyl (C=O) groups is 1. The predicted octanol–water partition coefficient (Wildman–Crippen LogP) is 4.18. The van der Waals surface area contributed by atoms with Crippen molar-refractivity contribution in [3.63, 3.8) is 0 Å². The highest BCUT2D eigenvalue weighted by molar-refractivity contribution is 9.10. The van der Waals surface area contributed by atoms with E-state index in [1.165, 1.54) is 0 Å². The van der Waals surface area contributed by atoms with E-state index in [-0.39, 0.29) is 11.9 Å². The first kappa shape index (κ1) is 14.9. The van der Waals surface area contributed by atoms with Crippen LogP contribution in [0.2, 0.25) is 5.02 Å². The number of nitrogens with two attached hydrogens (primary N) is 1. The molecule has 0 aliphatic carbocycles. The fourth-order valence-electron chi connectivity index (χ4n) is 1.90. The van der Waals surface area contributed by atoms with Gasteiger partial charge in [0.05, 0.1) is 11.6 Å². The highest BCUT2D eigenvalue weighted by atomic mass is 79.9. The van der Waals surface area contributed by atoms with Gasteiger partial charge in [-0.25, -0.2) is 0 Å². The topological polar surface area (TPSA) is 55.1 Å². The predicted molar refractivity (Wildman–Crippen MR) is 85.9 cm³/mol. The summed E-state index contributed by atoms with van der Waals surface area (Å²) in [6, 6.07) is 12.4. The summed E-state index contributed by atoms with van der Waals surface area (Å²) in [4.78, 5) is 12.3. The van der Waals surface area contributed by atoms with Crippen LogP contribution in [0.15, 0.2) is 46.9 Å². The molecule has 1 amide bonds. The summed E-state index contributed by atoms with van der Waals surface area (Å²) in [5.41, 5.74) is 7.58. The lowest BCUT2D eigenvalue weighted by molar-refractivity contribution is 0.0941. The Morgan fingerprint density at radius 2 is 2.00 bits per heavy atom. The average Bonchev–Trinajstić information content (AvgIpc) is 2.41. The molecule has 0 heterocycles. The number of amides is 1. The van der Waals surface area contributed by atoms with Crippen molar-refractivity contribution in [3.8, 4) is 0 Å². The van der Waals surface area contributed by atoms with E-state index in [2.05, 4.69) is 21.2 Å². The van der Waals surface area contributed by atoms with Crippen molar-refractivity contribution in [1.82, 2.24) is 5.32 Å². The van der Waals surface area contributed by atoms with Gasteiger partial charge in [-0.3, -0.25) is 4.79 Å². The molecule has 20 heavy (non-hydrogen) atoms. The monoisotopic (exact) mass is 352 g/mol. The van der Waals surface area contributed by atoms with E-state index < -0.39 is 0 Å². The average molecular weight is 354 g/mol. The van der Waals surface area contributed by atoms with Gasteiger partial charge in [-0.2, -0.15) is 0 Å². The minimum atomic E-state index is -0.226. The van der Waals surface area contributed by atoms with Gasteiger partial charge in [0.1, 0.15) is 0 Å². The highest BCUT2D eigenvalue weighted by Crippen LogP contribution is 2.24. The molecule has 0 radical (unpaired) electrons. The molecule has 0 bridgehead atoms. The van der Waals surface area contributed by atoms with Gasteiger partial charge in [0.25, 0.3) is 5.91 Å². The number of halogens is 2. The molecular formula is C15H14BrClN2O. The third-order valence-electron chi connectivity index (χ3n) is 2.98. The van der Waals surface area contributed by atoms with Gasteiger partial charge >= 0.3 is 0 Å². The Kier molecular flexibility index (Phi) is 4.68. The van der Waals surface area contributed by atoms with Crippen LogP contribution in [-0.2, 0) is 0 Å². The number of benzene rings is 2. The van der Waals surface area contributed by atoms with Crippen LogP contribution < -0.4 is 11.1 Å². The van der Waals surface area contributed by atoms with Crippen molar-refractivity contribution in [2.75, 3.05) is 5.73 Å². The summed E-state index contributed by atoms with van der Waals surface area (Å²) in [6.07, 6.45) is 0. The molecule has 3 nitrogen and oxygen atoms in total. The number of rotatable bonds is 3. The number of nitrogens with one attached hydrogen (secondary N) is 1. The maximum atomic E-state index is 12.3. The van der Waals surface area contributed by atoms with E-state index in [1.807, 2.05) is 25.1 Å². The Bertz CT molecular complexity index is 646. The van der Waals surface area contributed by atoms with Crippen molar-refractivity contribution < 1.29 is 4.79 Å². The molecule has 2 rings (SSSR count). The van der Waals surface area contributed by atoms with Crippen molar-refractivity contribution >= 4 is 39.1 Å². The Labute approximate surface area is 131 Å². The second-order valence-corrected chi connectivity index (χ2v) is 5.77. The summed E-state index contributed by atoms with van der Waals surface area (Å²) in [5.74, 6) is -0.226. The largest absolute Gasteiger partial charge is 0.398 e. The molecule has 0 spiro atoms. The fraction of sp³-hybridized carbons (Fsp3) is 0.133. The normalized spacial score (nSPS) is 11.9. The second kappa shape index (κ2) is 6.29. The number of hydrogen-bond acceptors (Lipinski definition) is 2. The van der Waals surface area contributed by atoms with Gasteiger partial charge in [0.15, 0.2) is 0 Å². The van der Waals surface area contributed by atoms with Gasteiger partial charge in [0.2, 0.25) is 0 Å². The molecule has 1 unspecified atom stereocenters. The second-order valence-electron chi connectivity index (χ2n) is 4.45. The summed E-state index contributed by atoms with van der Waals surface area (Å²) < 4.78 is 0.808. The zero-order valence-corrected chi connectivity index (χ0v) is 13.2. The van der Waals surface area contributed by atoms with Crippen molar-refractivity contribution in [2.45, 2.75) is 13.0 Å². The fourth-order valence-corrected chi connectivity index (χ4v) is 2.56. The van der Waals surface area contributed by atoms with Crippen molar-refractivity contribution in [1.29, 1.82) is 0 Å². The lowest BCUT2D eigenvalue weighted by atomic mass is 10.1. The third-order valence-corrected chi connectivity index (χ3v) is 3.82. The van der Waals surface area contributed by atoms with Gasteiger partial charge in [0, 0.05) is 15.2 Å². The maximum Gasteiger partial charge on any atom is 0.253 e. The lowest BCUT2D eigenvalue weighted by Gasteiger charge is -2.16. The molecule has 1 atom stereocenters. The van der Waals surface area contributed by atoms with Crippen LogP contribution in [0, 0.1) is 0 Å². The van der Waals surface area contributed by atoms with Crippen LogP contribution in [-0.4, -0.2) is 5.91 Å². The molecule has 2 aromatic rings. The number of hydrogen-bond donors (Lipinski definition) is 2. The molecule has 0 saturated carbocycles. The molecule has 5 heteroatoms. The molecule has 0 aliphatic rings. The molecule has 0 aromatic heterocycles. The van der Waals surface area contributed by atoms with Crippen LogP contribution in [0.25, 0.3) is 0 Å². The highest BCUT2D eigenvalue weighted by Gasteiger charge is 2.15. The van der Waals surface area contributed by atoms with Crippen LogP contribution in [0.5, 0.6) is 0 Å². The lowest BCUT2D eigenvalue weighted by Crippen LogP contribution is -2.27. The Hall–Kier alpha value is -1.52. The van der Waals surface area contributed by atoms with Gasteiger partial charge < -0.3 is 11.1 Å². The van der Waals surface area contributed by atoms with E-state index in [9.17, 15) is 4.79 Å². The van der Waals surface area contributed by atoms with E-state index in [1.54, 1.807) is 24.3 Å². The zero-order chi connectivity index (χ0) is 14.7. The Morgan fingerprint density at radius 1 is 1.30 bits per heavy atom. The summed E-state index contributed by atoms with van der Waals surface area (Å²) in [7, 11) is 0.